The van der Waals surface area contributed by atoms with Gasteiger partial charge in [0, 0.05) is 11.0 Å². The highest BCUT2D eigenvalue weighted by Gasteiger charge is 2.26. The van der Waals surface area contributed by atoms with Crippen LogP contribution in [0.2, 0.25) is 0 Å². The number of benzene rings is 2. The van der Waals surface area contributed by atoms with Gasteiger partial charge in [-0.05, 0) is 43.0 Å². The van der Waals surface area contributed by atoms with E-state index in [1.165, 1.54) is 11.1 Å². The first kappa shape index (κ1) is 20.3. The van der Waals surface area contributed by atoms with Crippen LogP contribution in [0.5, 0.6) is 5.75 Å². The lowest BCUT2D eigenvalue weighted by molar-refractivity contribution is -0.144. The summed E-state index contributed by atoms with van der Waals surface area (Å²) in [5.74, 6) is 1.30. The maximum Gasteiger partial charge on any atom is 0.324 e. The molecule has 5 heteroatoms. The molecule has 2 rings (SSSR count). The molecule has 0 bridgehead atoms. The number of aryl methyl sites for hydroxylation is 1. The number of esters is 1. The Morgan fingerprint density at radius 3 is 2.38 bits per heavy atom. The number of methoxy groups -OCH3 is 1. The third-order valence-electron chi connectivity index (χ3n) is 4.14. The number of ether oxygens (including phenoxy) is 2. The average molecular weight is 374 g/mol. The van der Waals surface area contributed by atoms with E-state index in [1.807, 2.05) is 42.5 Å². The van der Waals surface area contributed by atoms with E-state index in [9.17, 15) is 4.79 Å². The fraction of sp³-hybridized carbons (Fsp3) is 0.381. The van der Waals surface area contributed by atoms with Crippen molar-refractivity contribution in [3.8, 4) is 5.75 Å². The monoisotopic (exact) mass is 373 g/mol. The van der Waals surface area contributed by atoms with Crippen molar-refractivity contribution in [2.75, 3.05) is 13.7 Å². The molecule has 2 atom stereocenters. The number of rotatable bonds is 10. The van der Waals surface area contributed by atoms with Crippen LogP contribution in [-0.4, -0.2) is 31.0 Å². The van der Waals surface area contributed by atoms with Gasteiger partial charge in [0.25, 0.3) is 0 Å². The van der Waals surface area contributed by atoms with E-state index in [2.05, 4.69) is 12.1 Å². The molecular weight excluding hydrogens is 346 g/mol. The van der Waals surface area contributed by atoms with Crippen LogP contribution in [0, 0.1) is 0 Å². The van der Waals surface area contributed by atoms with Crippen molar-refractivity contribution in [1.29, 1.82) is 0 Å². The average Bonchev–Trinajstić information content (AvgIpc) is 2.69. The molecule has 0 amide bonds. The van der Waals surface area contributed by atoms with Crippen LogP contribution in [0.4, 0.5) is 0 Å². The van der Waals surface area contributed by atoms with Crippen molar-refractivity contribution in [1.82, 2.24) is 0 Å². The van der Waals surface area contributed by atoms with Crippen LogP contribution >= 0.6 is 11.8 Å². The first-order valence-corrected chi connectivity index (χ1v) is 9.89. The van der Waals surface area contributed by atoms with E-state index >= 15 is 0 Å². The minimum absolute atomic E-state index is 0.00337. The lowest BCUT2D eigenvalue weighted by Gasteiger charge is -2.22. The molecule has 140 valence electrons. The fourth-order valence-electron chi connectivity index (χ4n) is 2.64. The second-order valence-corrected chi connectivity index (χ2v) is 7.23. The van der Waals surface area contributed by atoms with Gasteiger partial charge in [-0.1, -0.05) is 42.5 Å². The first-order chi connectivity index (χ1) is 12.6. The largest absolute Gasteiger partial charge is 0.497 e. The predicted octanol–water partition coefficient (Wildman–Crippen LogP) is 3.82. The summed E-state index contributed by atoms with van der Waals surface area (Å²) >= 11 is 1.70. The number of carbonyl (C=O) groups is 1. The second kappa shape index (κ2) is 10.9. The van der Waals surface area contributed by atoms with Crippen LogP contribution < -0.4 is 10.5 Å². The van der Waals surface area contributed by atoms with Gasteiger partial charge in [-0.25, -0.2) is 0 Å². The predicted molar refractivity (Wildman–Crippen MR) is 107 cm³/mol. The molecule has 26 heavy (non-hydrogen) atoms. The van der Waals surface area contributed by atoms with E-state index in [0.717, 1.165) is 24.3 Å². The van der Waals surface area contributed by atoms with Gasteiger partial charge in [-0.15, -0.1) is 0 Å². The Morgan fingerprint density at radius 1 is 1.08 bits per heavy atom. The molecule has 4 nitrogen and oxygen atoms in total. The van der Waals surface area contributed by atoms with E-state index < -0.39 is 6.04 Å². The molecular formula is C21H27NO3S. The molecule has 0 radical (unpaired) electrons. The zero-order valence-electron chi connectivity index (χ0n) is 15.4. The third-order valence-corrected chi connectivity index (χ3v) is 5.60. The molecule has 0 fully saturated rings. The summed E-state index contributed by atoms with van der Waals surface area (Å²) in [4.78, 5) is 12.1. The normalized spacial score (nSPS) is 13.0. The maximum atomic E-state index is 12.1. The quantitative estimate of drug-likeness (QED) is 0.642. The Morgan fingerprint density at radius 2 is 1.77 bits per heavy atom. The fourth-order valence-corrected chi connectivity index (χ4v) is 3.84. The molecule has 2 aromatic carbocycles. The van der Waals surface area contributed by atoms with Gasteiger partial charge >= 0.3 is 5.97 Å². The highest BCUT2D eigenvalue weighted by molar-refractivity contribution is 7.99. The molecule has 2 N–H and O–H groups in total. The smallest absolute Gasteiger partial charge is 0.324 e. The van der Waals surface area contributed by atoms with Crippen molar-refractivity contribution in [2.24, 2.45) is 5.73 Å². The Balaban J connectivity index is 1.99. The maximum absolute atomic E-state index is 12.1. The van der Waals surface area contributed by atoms with Gasteiger partial charge in [0.05, 0.1) is 13.7 Å². The Kier molecular flexibility index (Phi) is 8.51. The Labute approximate surface area is 160 Å². The van der Waals surface area contributed by atoms with Crippen LogP contribution in [0.3, 0.4) is 0 Å². The zero-order valence-corrected chi connectivity index (χ0v) is 16.2. The second-order valence-electron chi connectivity index (χ2n) is 6.00. The van der Waals surface area contributed by atoms with Gasteiger partial charge in [-0.3, -0.25) is 4.79 Å². The summed E-state index contributed by atoms with van der Waals surface area (Å²) in [5.41, 5.74) is 8.63. The minimum Gasteiger partial charge on any atom is -0.497 e. The van der Waals surface area contributed by atoms with E-state index in [4.69, 9.17) is 15.2 Å². The summed E-state index contributed by atoms with van der Waals surface area (Å²) in [7, 11) is 1.65. The van der Waals surface area contributed by atoms with Crippen molar-refractivity contribution in [3.63, 3.8) is 0 Å². The van der Waals surface area contributed by atoms with E-state index in [-0.39, 0.29) is 11.2 Å². The molecule has 0 aliphatic carbocycles. The SMILES string of the molecule is CCOC(=O)[C@@H](N)[C@@H](CCc1ccccc1)SCc1ccc(OC)cc1. The number of thioether (sulfide) groups is 1. The third kappa shape index (κ3) is 6.39. The van der Waals surface area contributed by atoms with Crippen LogP contribution in [0.1, 0.15) is 24.5 Å². The molecule has 0 saturated carbocycles. The van der Waals surface area contributed by atoms with Crippen LogP contribution in [-0.2, 0) is 21.7 Å². The summed E-state index contributed by atoms with van der Waals surface area (Å²) in [6, 6.07) is 17.6. The Hall–Kier alpha value is -1.98. The minimum atomic E-state index is -0.623. The zero-order chi connectivity index (χ0) is 18.8. The van der Waals surface area contributed by atoms with E-state index in [0.29, 0.717) is 6.61 Å². The molecule has 0 saturated heterocycles. The van der Waals surface area contributed by atoms with Crippen LogP contribution in [0.25, 0.3) is 0 Å². The standard InChI is InChI=1S/C21H27NO3S/c1-3-25-21(23)20(22)19(14-11-16-7-5-4-6-8-16)26-15-17-9-12-18(24-2)13-10-17/h4-10,12-13,19-20H,3,11,14-15,22H2,1-2H3/t19-,20+/m1/s1. The van der Waals surface area contributed by atoms with Gasteiger partial charge in [-0.2, -0.15) is 11.8 Å². The number of hydrogen-bond donors (Lipinski definition) is 1. The molecule has 0 aliphatic rings. The summed E-state index contributed by atoms with van der Waals surface area (Å²) in [6.45, 7) is 2.15. The molecule has 0 heterocycles. The van der Waals surface area contributed by atoms with Crippen molar-refractivity contribution < 1.29 is 14.3 Å². The van der Waals surface area contributed by atoms with Crippen molar-refractivity contribution in [2.45, 2.75) is 36.8 Å². The molecule has 0 aromatic heterocycles. The van der Waals surface area contributed by atoms with Crippen molar-refractivity contribution in [3.05, 3.63) is 65.7 Å². The number of nitrogens with two attached hydrogens (primary N) is 1. The highest BCUT2D eigenvalue weighted by atomic mass is 32.2. The summed E-state index contributed by atoms with van der Waals surface area (Å²) in [5, 5.41) is -0.00337. The lowest BCUT2D eigenvalue weighted by atomic mass is 10.0. The van der Waals surface area contributed by atoms with Crippen molar-refractivity contribution >= 4 is 17.7 Å². The van der Waals surface area contributed by atoms with Gasteiger partial charge in [0.1, 0.15) is 11.8 Å². The molecule has 2 aromatic rings. The summed E-state index contributed by atoms with van der Waals surface area (Å²) in [6.07, 6.45) is 1.71. The molecule has 0 aliphatic heterocycles. The Bertz CT molecular complexity index is 661. The number of hydrogen-bond acceptors (Lipinski definition) is 5. The topological polar surface area (TPSA) is 61.5 Å². The van der Waals surface area contributed by atoms with Gasteiger partial charge in [0.15, 0.2) is 0 Å². The first-order valence-electron chi connectivity index (χ1n) is 8.84. The van der Waals surface area contributed by atoms with Crippen LogP contribution in [0.15, 0.2) is 54.6 Å². The molecule has 0 unspecified atom stereocenters. The van der Waals surface area contributed by atoms with E-state index in [1.54, 1.807) is 25.8 Å². The molecule has 0 spiro atoms. The van der Waals surface area contributed by atoms with Gasteiger partial charge in [0.2, 0.25) is 0 Å². The lowest BCUT2D eigenvalue weighted by Crippen LogP contribution is -2.41. The van der Waals surface area contributed by atoms with Gasteiger partial charge < -0.3 is 15.2 Å². The summed E-state index contributed by atoms with van der Waals surface area (Å²) < 4.78 is 10.3. The highest BCUT2D eigenvalue weighted by Crippen LogP contribution is 2.25. The number of carbonyl (C=O) groups excluding carboxylic acids is 1.